The van der Waals surface area contributed by atoms with Crippen molar-refractivity contribution in [1.29, 1.82) is 0 Å². The molecule has 0 bridgehead atoms. The van der Waals surface area contributed by atoms with E-state index in [0.717, 1.165) is 10.3 Å². The molecule has 3 rings (SSSR count). The lowest BCUT2D eigenvalue weighted by Gasteiger charge is -2.27. The highest BCUT2D eigenvalue weighted by Gasteiger charge is 2.14. The number of hydrogen-bond donors (Lipinski definition) is 1. The van der Waals surface area contributed by atoms with E-state index in [1.807, 2.05) is 25.2 Å². The van der Waals surface area contributed by atoms with Crippen molar-refractivity contribution in [2.75, 3.05) is 20.1 Å². The molecule has 0 aliphatic carbocycles. The Morgan fingerprint density at radius 2 is 1.88 bits per heavy atom. The predicted octanol–water partition coefficient (Wildman–Crippen LogP) is 4.84. The van der Waals surface area contributed by atoms with E-state index in [1.54, 1.807) is 16.2 Å². The fourth-order valence-electron chi connectivity index (χ4n) is 3.29. The fraction of sp³-hybridized carbons (Fsp3) is 0.450. The molecule has 0 saturated carbocycles. The molecule has 1 aromatic carbocycles. The van der Waals surface area contributed by atoms with Gasteiger partial charge in [-0.1, -0.05) is 30.7 Å². The molecule has 0 radical (unpaired) electrons. The summed E-state index contributed by atoms with van der Waals surface area (Å²) in [5.74, 6) is 0. The maximum absolute atomic E-state index is 12.4. The standard InChI is InChI=1S/C20H26BrN3OS/c1-23(15-18-9-10-19(21)26-18)20(25)22-13-16-7-3-4-8-17(16)14-24-11-5-2-6-12-24/h3-4,7-10H,2,5-6,11-15H2,1H3,(H,22,25). The molecule has 0 atom stereocenters. The van der Waals surface area contributed by atoms with Crippen LogP contribution in [0, 0.1) is 0 Å². The molecule has 140 valence electrons. The number of likely N-dealkylation sites (tertiary alicyclic amines) is 1. The van der Waals surface area contributed by atoms with Crippen LogP contribution in [0.5, 0.6) is 0 Å². The average molecular weight is 436 g/mol. The zero-order valence-electron chi connectivity index (χ0n) is 15.2. The summed E-state index contributed by atoms with van der Waals surface area (Å²) in [6.07, 6.45) is 3.94. The van der Waals surface area contributed by atoms with Gasteiger partial charge in [-0.25, -0.2) is 4.79 Å². The number of nitrogens with zero attached hydrogens (tertiary/aromatic N) is 2. The molecule has 1 fully saturated rings. The van der Waals surface area contributed by atoms with Gasteiger partial charge < -0.3 is 10.2 Å². The molecule has 2 heterocycles. The van der Waals surface area contributed by atoms with Crippen LogP contribution in [0.2, 0.25) is 0 Å². The van der Waals surface area contributed by atoms with Gasteiger partial charge in [-0.05, 0) is 65.1 Å². The Hall–Kier alpha value is -1.37. The van der Waals surface area contributed by atoms with E-state index in [9.17, 15) is 4.79 Å². The third-order valence-corrected chi connectivity index (χ3v) is 6.37. The Labute approximate surface area is 168 Å². The molecule has 6 heteroatoms. The quantitative estimate of drug-likeness (QED) is 0.704. The number of carbonyl (C=O) groups excluding carboxylic acids is 1. The Morgan fingerprint density at radius 1 is 1.15 bits per heavy atom. The number of hydrogen-bond acceptors (Lipinski definition) is 3. The SMILES string of the molecule is CN(Cc1ccc(Br)s1)C(=O)NCc1ccccc1CN1CCCCC1. The molecule has 1 aromatic heterocycles. The lowest BCUT2D eigenvalue weighted by atomic mass is 10.0. The molecule has 1 aliphatic rings. The Bertz CT molecular complexity index is 727. The van der Waals surface area contributed by atoms with Gasteiger partial charge in [0, 0.05) is 25.0 Å². The average Bonchev–Trinajstić information content (AvgIpc) is 3.06. The first-order valence-electron chi connectivity index (χ1n) is 9.14. The Morgan fingerprint density at radius 3 is 2.58 bits per heavy atom. The molecule has 2 amide bonds. The number of thiophene rings is 1. The van der Waals surface area contributed by atoms with Crippen LogP contribution in [0.4, 0.5) is 4.79 Å². The summed E-state index contributed by atoms with van der Waals surface area (Å²) in [5.41, 5.74) is 2.53. The number of nitrogens with one attached hydrogen (secondary N) is 1. The summed E-state index contributed by atoms with van der Waals surface area (Å²) >= 11 is 5.12. The third kappa shape index (κ3) is 5.56. The number of carbonyl (C=O) groups is 1. The van der Waals surface area contributed by atoms with Crippen LogP contribution in [0.3, 0.4) is 0 Å². The van der Waals surface area contributed by atoms with Gasteiger partial charge in [-0.3, -0.25) is 4.90 Å². The minimum absolute atomic E-state index is 0.0395. The molecule has 0 spiro atoms. The van der Waals surface area contributed by atoms with Crippen molar-refractivity contribution in [3.63, 3.8) is 0 Å². The fourth-order valence-corrected chi connectivity index (χ4v) is 4.83. The largest absolute Gasteiger partial charge is 0.334 e. The summed E-state index contributed by atoms with van der Waals surface area (Å²) in [5, 5.41) is 3.06. The van der Waals surface area contributed by atoms with Crippen molar-refractivity contribution in [2.45, 2.75) is 38.9 Å². The zero-order valence-corrected chi connectivity index (χ0v) is 17.6. The summed E-state index contributed by atoms with van der Waals surface area (Å²) in [7, 11) is 1.84. The number of rotatable bonds is 6. The van der Waals surface area contributed by atoms with Gasteiger partial charge in [-0.15, -0.1) is 11.3 Å². The van der Waals surface area contributed by atoms with Crippen LogP contribution < -0.4 is 5.32 Å². The Balaban J connectivity index is 1.54. The second-order valence-electron chi connectivity index (χ2n) is 6.83. The number of piperidine rings is 1. The number of urea groups is 1. The molecular weight excluding hydrogens is 410 g/mol. The van der Waals surface area contributed by atoms with Gasteiger partial charge in [0.2, 0.25) is 0 Å². The Kier molecular flexibility index (Phi) is 7.11. The van der Waals surface area contributed by atoms with Gasteiger partial charge in [0.1, 0.15) is 0 Å². The minimum Gasteiger partial charge on any atom is -0.334 e. The van der Waals surface area contributed by atoms with Crippen LogP contribution in [-0.4, -0.2) is 36.0 Å². The van der Waals surface area contributed by atoms with Crippen LogP contribution in [0.1, 0.15) is 35.3 Å². The molecule has 1 aliphatic heterocycles. The summed E-state index contributed by atoms with van der Waals surface area (Å²) in [6.45, 7) is 4.53. The van der Waals surface area contributed by atoms with Crippen LogP contribution in [0.15, 0.2) is 40.2 Å². The molecular formula is C20H26BrN3OS. The molecule has 26 heavy (non-hydrogen) atoms. The zero-order chi connectivity index (χ0) is 18.4. The van der Waals surface area contributed by atoms with Crippen molar-refractivity contribution in [3.8, 4) is 0 Å². The van der Waals surface area contributed by atoms with E-state index in [1.165, 1.54) is 48.4 Å². The van der Waals surface area contributed by atoms with Gasteiger partial charge in [0.25, 0.3) is 0 Å². The highest BCUT2D eigenvalue weighted by atomic mass is 79.9. The van der Waals surface area contributed by atoms with Gasteiger partial charge in [0.05, 0.1) is 10.3 Å². The highest BCUT2D eigenvalue weighted by Crippen LogP contribution is 2.23. The maximum atomic E-state index is 12.4. The molecule has 2 aromatic rings. The van der Waals surface area contributed by atoms with Crippen LogP contribution >= 0.6 is 27.3 Å². The first-order chi connectivity index (χ1) is 12.6. The van der Waals surface area contributed by atoms with Crippen molar-refractivity contribution >= 4 is 33.3 Å². The monoisotopic (exact) mass is 435 g/mol. The topological polar surface area (TPSA) is 35.6 Å². The van der Waals surface area contributed by atoms with E-state index >= 15 is 0 Å². The van der Waals surface area contributed by atoms with Crippen molar-refractivity contribution in [2.24, 2.45) is 0 Å². The molecule has 1 saturated heterocycles. The second kappa shape index (κ2) is 9.53. The molecule has 0 unspecified atom stereocenters. The normalized spacial score (nSPS) is 15.0. The molecule has 4 nitrogen and oxygen atoms in total. The van der Waals surface area contributed by atoms with Gasteiger partial charge in [-0.2, -0.15) is 0 Å². The summed E-state index contributed by atoms with van der Waals surface area (Å²) in [6, 6.07) is 12.5. The first-order valence-corrected chi connectivity index (χ1v) is 10.7. The predicted molar refractivity (Wildman–Crippen MR) is 111 cm³/mol. The van der Waals surface area contributed by atoms with E-state index in [0.29, 0.717) is 13.1 Å². The van der Waals surface area contributed by atoms with E-state index in [2.05, 4.69) is 44.3 Å². The lowest BCUT2D eigenvalue weighted by molar-refractivity contribution is 0.206. The van der Waals surface area contributed by atoms with Crippen molar-refractivity contribution in [3.05, 3.63) is 56.2 Å². The maximum Gasteiger partial charge on any atom is 0.317 e. The van der Waals surface area contributed by atoms with Gasteiger partial charge >= 0.3 is 6.03 Å². The highest BCUT2D eigenvalue weighted by molar-refractivity contribution is 9.11. The van der Waals surface area contributed by atoms with Crippen molar-refractivity contribution < 1.29 is 4.79 Å². The third-order valence-electron chi connectivity index (χ3n) is 4.76. The first kappa shape index (κ1) is 19.4. The summed E-state index contributed by atoms with van der Waals surface area (Å²) < 4.78 is 1.09. The lowest BCUT2D eigenvalue weighted by Crippen LogP contribution is -2.36. The van der Waals surface area contributed by atoms with E-state index in [4.69, 9.17) is 0 Å². The molecule has 1 N–H and O–H groups in total. The summed E-state index contributed by atoms with van der Waals surface area (Å²) in [4.78, 5) is 17.8. The smallest absolute Gasteiger partial charge is 0.317 e. The van der Waals surface area contributed by atoms with Crippen LogP contribution in [0.25, 0.3) is 0 Å². The van der Waals surface area contributed by atoms with Crippen molar-refractivity contribution in [1.82, 2.24) is 15.1 Å². The van der Waals surface area contributed by atoms with Gasteiger partial charge in [0.15, 0.2) is 0 Å². The van der Waals surface area contributed by atoms with E-state index < -0.39 is 0 Å². The number of benzene rings is 1. The number of halogens is 1. The van der Waals surface area contributed by atoms with E-state index in [-0.39, 0.29) is 6.03 Å². The van der Waals surface area contributed by atoms with Crippen LogP contribution in [-0.2, 0) is 19.6 Å². The second-order valence-corrected chi connectivity index (χ2v) is 9.37. The minimum atomic E-state index is -0.0395. The number of amides is 2.